The Hall–Kier alpha value is -2.30. The zero-order chi connectivity index (χ0) is 15.5. The summed E-state index contributed by atoms with van der Waals surface area (Å²) >= 11 is 0. The van der Waals surface area contributed by atoms with Crippen molar-refractivity contribution >= 4 is 5.97 Å². The number of aryl methyl sites for hydroxylation is 1. The fourth-order valence-corrected chi connectivity index (χ4v) is 2.08. The first-order valence-corrected chi connectivity index (χ1v) is 6.35. The van der Waals surface area contributed by atoms with Crippen LogP contribution < -0.4 is 0 Å². The SMILES string of the molecule is O=C(O)c1cc(CCC(F)(F)F)ccc1-c1ccccc1. The van der Waals surface area contributed by atoms with Crippen LogP contribution in [0.25, 0.3) is 11.1 Å². The van der Waals surface area contributed by atoms with Crippen molar-refractivity contribution in [3.63, 3.8) is 0 Å². The molecule has 5 heteroatoms. The van der Waals surface area contributed by atoms with Crippen LogP contribution in [0.1, 0.15) is 22.3 Å². The van der Waals surface area contributed by atoms with Gasteiger partial charge in [-0.15, -0.1) is 0 Å². The standard InChI is InChI=1S/C16H13F3O2/c17-16(18,19)9-8-11-6-7-13(14(10-11)15(20)21)12-4-2-1-3-5-12/h1-7,10H,8-9H2,(H,20,21). The van der Waals surface area contributed by atoms with Crippen LogP contribution in [0, 0.1) is 0 Å². The Morgan fingerprint density at radius 1 is 1.05 bits per heavy atom. The van der Waals surface area contributed by atoms with E-state index in [4.69, 9.17) is 0 Å². The number of carboxylic acid groups (broad SMARTS) is 1. The Bertz CT molecular complexity index is 634. The molecule has 0 aliphatic rings. The third kappa shape index (κ3) is 4.08. The van der Waals surface area contributed by atoms with Gasteiger partial charge in [-0.1, -0.05) is 42.5 Å². The molecule has 0 saturated carbocycles. The highest BCUT2D eigenvalue weighted by Crippen LogP contribution is 2.27. The Morgan fingerprint density at radius 2 is 1.71 bits per heavy atom. The first-order chi connectivity index (χ1) is 9.87. The summed E-state index contributed by atoms with van der Waals surface area (Å²) in [6, 6.07) is 13.3. The molecule has 0 aliphatic carbocycles. The molecule has 0 heterocycles. The summed E-state index contributed by atoms with van der Waals surface area (Å²) < 4.78 is 36.7. The summed E-state index contributed by atoms with van der Waals surface area (Å²) in [5.41, 5.74) is 1.60. The third-order valence-corrected chi connectivity index (χ3v) is 3.10. The highest BCUT2D eigenvalue weighted by Gasteiger charge is 2.26. The first kappa shape index (κ1) is 15.1. The highest BCUT2D eigenvalue weighted by atomic mass is 19.4. The minimum Gasteiger partial charge on any atom is -0.478 e. The average molecular weight is 294 g/mol. The first-order valence-electron chi connectivity index (χ1n) is 6.35. The molecule has 0 amide bonds. The molecule has 0 atom stereocenters. The predicted octanol–water partition coefficient (Wildman–Crippen LogP) is 4.55. The molecule has 2 aromatic rings. The van der Waals surface area contributed by atoms with Crippen LogP contribution in [0.3, 0.4) is 0 Å². The molecule has 0 spiro atoms. The fraction of sp³-hybridized carbons (Fsp3) is 0.188. The second kappa shape index (κ2) is 5.99. The van der Waals surface area contributed by atoms with Gasteiger partial charge in [0.1, 0.15) is 0 Å². The molecule has 2 aromatic carbocycles. The third-order valence-electron chi connectivity index (χ3n) is 3.10. The van der Waals surface area contributed by atoms with Gasteiger partial charge in [0, 0.05) is 6.42 Å². The maximum Gasteiger partial charge on any atom is 0.389 e. The van der Waals surface area contributed by atoms with Crippen molar-refractivity contribution in [3.8, 4) is 11.1 Å². The number of carboxylic acids is 1. The van der Waals surface area contributed by atoms with Crippen molar-refractivity contribution in [2.75, 3.05) is 0 Å². The molecule has 2 rings (SSSR count). The van der Waals surface area contributed by atoms with E-state index in [9.17, 15) is 23.1 Å². The van der Waals surface area contributed by atoms with Crippen LogP contribution in [0.5, 0.6) is 0 Å². The number of benzene rings is 2. The van der Waals surface area contributed by atoms with Gasteiger partial charge in [-0.3, -0.25) is 0 Å². The molecule has 1 N–H and O–H groups in total. The molecule has 21 heavy (non-hydrogen) atoms. The van der Waals surface area contributed by atoms with E-state index in [2.05, 4.69) is 0 Å². The van der Waals surface area contributed by atoms with Crippen molar-refractivity contribution in [1.82, 2.24) is 0 Å². The monoisotopic (exact) mass is 294 g/mol. The number of carbonyl (C=O) groups is 1. The fourth-order valence-electron chi connectivity index (χ4n) is 2.08. The normalized spacial score (nSPS) is 11.4. The van der Waals surface area contributed by atoms with Crippen molar-refractivity contribution < 1.29 is 23.1 Å². The predicted molar refractivity (Wildman–Crippen MR) is 73.2 cm³/mol. The lowest BCUT2D eigenvalue weighted by molar-refractivity contribution is -0.133. The van der Waals surface area contributed by atoms with Crippen LogP contribution >= 0.6 is 0 Å². The Morgan fingerprint density at radius 3 is 2.29 bits per heavy atom. The topological polar surface area (TPSA) is 37.3 Å². The minimum absolute atomic E-state index is 0.0147. The van der Waals surface area contributed by atoms with Gasteiger partial charge in [0.15, 0.2) is 0 Å². The molecule has 0 aromatic heterocycles. The van der Waals surface area contributed by atoms with Gasteiger partial charge in [-0.25, -0.2) is 4.79 Å². The summed E-state index contributed by atoms with van der Waals surface area (Å²) in [5, 5.41) is 9.26. The van der Waals surface area contributed by atoms with Gasteiger partial charge in [0.05, 0.1) is 5.56 Å². The smallest absolute Gasteiger partial charge is 0.389 e. The molecular formula is C16H13F3O2. The number of hydrogen-bond acceptors (Lipinski definition) is 1. The van der Waals surface area contributed by atoms with E-state index < -0.39 is 18.6 Å². The maximum atomic E-state index is 12.2. The van der Waals surface area contributed by atoms with Gasteiger partial charge in [0.25, 0.3) is 0 Å². The molecule has 0 fully saturated rings. The van der Waals surface area contributed by atoms with Crippen LogP contribution in [-0.4, -0.2) is 17.3 Å². The molecule has 0 aliphatic heterocycles. The lowest BCUT2D eigenvalue weighted by Crippen LogP contribution is -2.09. The summed E-state index contributed by atoms with van der Waals surface area (Å²) in [6.45, 7) is 0. The van der Waals surface area contributed by atoms with E-state index in [1.165, 1.54) is 6.07 Å². The lowest BCUT2D eigenvalue weighted by Gasteiger charge is -2.10. The van der Waals surface area contributed by atoms with E-state index in [-0.39, 0.29) is 12.0 Å². The minimum atomic E-state index is -4.25. The van der Waals surface area contributed by atoms with E-state index in [1.54, 1.807) is 36.4 Å². The zero-order valence-corrected chi connectivity index (χ0v) is 11.0. The molecule has 0 unspecified atom stereocenters. The Kier molecular flexibility index (Phi) is 4.31. The maximum absolute atomic E-state index is 12.2. The number of alkyl halides is 3. The molecule has 110 valence electrons. The zero-order valence-electron chi connectivity index (χ0n) is 11.0. The van der Waals surface area contributed by atoms with E-state index in [1.807, 2.05) is 6.07 Å². The molecule has 0 bridgehead atoms. The number of aromatic carboxylic acids is 1. The van der Waals surface area contributed by atoms with E-state index in [0.717, 1.165) is 5.56 Å². The van der Waals surface area contributed by atoms with E-state index >= 15 is 0 Å². The summed E-state index contributed by atoms with van der Waals surface area (Å²) in [6.07, 6.45) is -5.43. The molecule has 2 nitrogen and oxygen atoms in total. The van der Waals surface area contributed by atoms with Crippen LogP contribution in [0.2, 0.25) is 0 Å². The second-order valence-electron chi connectivity index (χ2n) is 4.67. The Labute approximate surface area is 119 Å². The van der Waals surface area contributed by atoms with Gasteiger partial charge in [0.2, 0.25) is 0 Å². The van der Waals surface area contributed by atoms with Crippen molar-refractivity contribution in [2.45, 2.75) is 19.0 Å². The lowest BCUT2D eigenvalue weighted by atomic mass is 9.96. The summed E-state index contributed by atoms with van der Waals surface area (Å²) in [5.74, 6) is -1.15. The van der Waals surface area contributed by atoms with Gasteiger partial charge < -0.3 is 5.11 Å². The van der Waals surface area contributed by atoms with Gasteiger partial charge >= 0.3 is 12.1 Å². The number of rotatable bonds is 4. The summed E-state index contributed by atoms with van der Waals surface area (Å²) in [7, 11) is 0. The van der Waals surface area contributed by atoms with Crippen molar-refractivity contribution in [3.05, 3.63) is 59.7 Å². The number of hydrogen-bond donors (Lipinski definition) is 1. The van der Waals surface area contributed by atoms with E-state index in [0.29, 0.717) is 11.1 Å². The second-order valence-corrected chi connectivity index (χ2v) is 4.67. The molecular weight excluding hydrogens is 281 g/mol. The Balaban J connectivity index is 2.34. The van der Waals surface area contributed by atoms with Crippen LogP contribution in [0.15, 0.2) is 48.5 Å². The highest BCUT2D eigenvalue weighted by molar-refractivity contribution is 5.96. The quantitative estimate of drug-likeness (QED) is 0.898. The number of halogens is 3. The largest absolute Gasteiger partial charge is 0.478 e. The van der Waals surface area contributed by atoms with Crippen molar-refractivity contribution in [2.24, 2.45) is 0 Å². The van der Waals surface area contributed by atoms with Crippen LogP contribution in [0.4, 0.5) is 13.2 Å². The van der Waals surface area contributed by atoms with Crippen molar-refractivity contribution in [1.29, 1.82) is 0 Å². The molecule has 0 radical (unpaired) electrons. The van der Waals surface area contributed by atoms with Gasteiger partial charge in [-0.2, -0.15) is 13.2 Å². The molecule has 0 saturated heterocycles. The van der Waals surface area contributed by atoms with Crippen LogP contribution in [-0.2, 0) is 6.42 Å². The average Bonchev–Trinajstić information content (AvgIpc) is 2.45. The van der Waals surface area contributed by atoms with Gasteiger partial charge in [-0.05, 0) is 29.2 Å². The summed E-state index contributed by atoms with van der Waals surface area (Å²) in [4.78, 5) is 11.3.